The lowest BCUT2D eigenvalue weighted by atomic mass is 10.0. The molecule has 39 heavy (non-hydrogen) atoms. The van der Waals surface area contributed by atoms with Crippen molar-refractivity contribution in [3.05, 3.63) is 88.4 Å². The Morgan fingerprint density at radius 2 is 1.62 bits per heavy atom. The van der Waals surface area contributed by atoms with Crippen LogP contribution in [0.2, 0.25) is 0 Å². The summed E-state index contributed by atoms with van der Waals surface area (Å²) in [7, 11) is 0.467. The van der Waals surface area contributed by atoms with E-state index in [1.807, 2.05) is 54.6 Å². The van der Waals surface area contributed by atoms with Gasteiger partial charge in [0.05, 0.1) is 26.2 Å². The number of likely N-dealkylation sites (N-methyl/N-ethyl adjacent to an activating group) is 1. The predicted octanol–water partition coefficient (Wildman–Crippen LogP) is 3.62. The quantitative estimate of drug-likeness (QED) is 0.333. The molecule has 1 atom stereocenters. The second-order valence-corrected chi connectivity index (χ2v) is 11.6. The lowest BCUT2D eigenvalue weighted by molar-refractivity contribution is -0.139. The molecule has 0 saturated heterocycles. The summed E-state index contributed by atoms with van der Waals surface area (Å²) >= 11 is 3.41. The molecular weight excluding hydrogens is 586 g/mol. The highest BCUT2D eigenvalue weighted by Gasteiger charge is 2.33. The number of carbonyl (C=O) groups excluding carboxylic acids is 2. The van der Waals surface area contributed by atoms with Gasteiger partial charge in [0.2, 0.25) is 21.8 Å². The minimum atomic E-state index is -3.93. The van der Waals surface area contributed by atoms with Crippen LogP contribution in [0.3, 0.4) is 0 Å². The van der Waals surface area contributed by atoms with E-state index in [-0.39, 0.29) is 30.3 Å². The molecule has 3 aromatic carbocycles. The van der Waals surface area contributed by atoms with E-state index in [2.05, 4.69) is 21.2 Å². The van der Waals surface area contributed by atoms with E-state index in [9.17, 15) is 18.0 Å². The first-order valence-corrected chi connectivity index (χ1v) is 14.7. The third-order valence-corrected chi connectivity index (χ3v) is 7.77. The number of amides is 2. The first-order chi connectivity index (χ1) is 18.6. The Bertz CT molecular complexity index is 1380. The second-order valence-electron chi connectivity index (χ2n) is 8.78. The number of hydrogen-bond donors (Lipinski definition) is 1. The van der Waals surface area contributed by atoms with Crippen LogP contribution in [-0.4, -0.2) is 65.2 Å². The fourth-order valence-corrected chi connectivity index (χ4v) is 5.21. The Morgan fingerprint density at radius 1 is 0.949 bits per heavy atom. The van der Waals surface area contributed by atoms with Crippen molar-refractivity contribution in [2.45, 2.75) is 19.0 Å². The van der Waals surface area contributed by atoms with E-state index in [0.29, 0.717) is 5.75 Å². The summed E-state index contributed by atoms with van der Waals surface area (Å²) < 4.78 is 38.4. The van der Waals surface area contributed by atoms with Crippen LogP contribution in [0.4, 0.5) is 5.69 Å². The fraction of sp³-hybridized carbons (Fsp3) is 0.286. The van der Waals surface area contributed by atoms with Crippen LogP contribution in [0.25, 0.3) is 0 Å². The second kappa shape index (κ2) is 13.5. The molecule has 0 aliphatic heterocycles. The van der Waals surface area contributed by atoms with Gasteiger partial charge in [0.15, 0.2) is 0 Å². The van der Waals surface area contributed by atoms with Crippen LogP contribution in [0.5, 0.6) is 11.5 Å². The maximum atomic E-state index is 14.0. The zero-order valence-corrected chi connectivity index (χ0v) is 24.7. The van der Waals surface area contributed by atoms with Crippen molar-refractivity contribution in [3.63, 3.8) is 0 Å². The molecule has 0 fully saturated rings. The summed E-state index contributed by atoms with van der Waals surface area (Å²) in [5, 5.41) is 2.66. The number of methoxy groups -OCH3 is 2. The molecular formula is C28H32BrN3O6S. The molecule has 3 aromatic rings. The Kier molecular flexibility index (Phi) is 10.4. The summed E-state index contributed by atoms with van der Waals surface area (Å²) in [6.07, 6.45) is 1.26. The fourth-order valence-electron chi connectivity index (χ4n) is 4.09. The van der Waals surface area contributed by atoms with E-state index in [1.165, 1.54) is 32.2 Å². The van der Waals surface area contributed by atoms with Crippen LogP contribution in [0.1, 0.15) is 11.1 Å². The monoisotopic (exact) mass is 617 g/mol. The summed E-state index contributed by atoms with van der Waals surface area (Å²) in [5.74, 6) is -0.225. The summed E-state index contributed by atoms with van der Waals surface area (Å²) in [6, 6.07) is 20.5. The molecule has 3 rings (SSSR count). The largest absolute Gasteiger partial charge is 0.497 e. The number of benzene rings is 3. The van der Waals surface area contributed by atoms with Gasteiger partial charge in [0.1, 0.15) is 24.1 Å². The zero-order chi connectivity index (χ0) is 28.6. The first kappa shape index (κ1) is 30.0. The van der Waals surface area contributed by atoms with Gasteiger partial charge in [-0.15, -0.1) is 0 Å². The smallest absolute Gasteiger partial charge is 0.244 e. The third kappa shape index (κ3) is 7.96. The van der Waals surface area contributed by atoms with Crippen molar-refractivity contribution < 1.29 is 27.5 Å². The van der Waals surface area contributed by atoms with Crippen LogP contribution in [-0.2, 0) is 32.6 Å². The molecule has 0 aliphatic carbocycles. The number of halogens is 1. The Labute approximate surface area is 237 Å². The van der Waals surface area contributed by atoms with Gasteiger partial charge < -0.3 is 19.7 Å². The molecule has 2 amide bonds. The molecule has 0 heterocycles. The maximum Gasteiger partial charge on any atom is 0.244 e. The van der Waals surface area contributed by atoms with Gasteiger partial charge in [-0.05, 0) is 35.4 Å². The molecule has 1 N–H and O–H groups in total. The van der Waals surface area contributed by atoms with Gasteiger partial charge in [-0.1, -0.05) is 58.4 Å². The molecule has 9 nitrogen and oxygen atoms in total. The molecule has 0 radical (unpaired) electrons. The van der Waals surface area contributed by atoms with Crippen LogP contribution in [0, 0.1) is 0 Å². The summed E-state index contributed by atoms with van der Waals surface area (Å²) in [6.45, 7) is -0.450. The van der Waals surface area contributed by atoms with E-state index in [1.54, 1.807) is 12.1 Å². The molecule has 0 saturated carbocycles. The number of sulfonamides is 1. The van der Waals surface area contributed by atoms with Crippen molar-refractivity contribution in [3.8, 4) is 11.5 Å². The van der Waals surface area contributed by atoms with Crippen molar-refractivity contribution in [1.29, 1.82) is 0 Å². The van der Waals surface area contributed by atoms with E-state index in [0.717, 1.165) is 26.2 Å². The van der Waals surface area contributed by atoms with Gasteiger partial charge in [-0.3, -0.25) is 13.9 Å². The number of hydrogen-bond acceptors (Lipinski definition) is 6. The van der Waals surface area contributed by atoms with Gasteiger partial charge in [0.25, 0.3) is 0 Å². The highest BCUT2D eigenvalue weighted by Crippen LogP contribution is 2.33. The molecule has 0 aromatic heterocycles. The van der Waals surface area contributed by atoms with Crippen LogP contribution in [0.15, 0.2) is 77.3 Å². The van der Waals surface area contributed by atoms with Gasteiger partial charge in [0, 0.05) is 30.6 Å². The van der Waals surface area contributed by atoms with Crippen molar-refractivity contribution in [2.75, 3.05) is 38.4 Å². The van der Waals surface area contributed by atoms with Gasteiger partial charge in [-0.25, -0.2) is 8.42 Å². The van der Waals surface area contributed by atoms with E-state index in [4.69, 9.17) is 9.47 Å². The van der Waals surface area contributed by atoms with Crippen LogP contribution >= 0.6 is 15.9 Å². The summed E-state index contributed by atoms with van der Waals surface area (Å²) in [5.41, 5.74) is 1.82. The molecule has 0 bridgehead atoms. The van der Waals surface area contributed by atoms with E-state index >= 15 is 0 Å². The van der Waals surface area contributed by atoms with Crippen molar-refractivity contribution >= 4 is 43.5 Å². The Hall–Kier alpha value is -3.57. The lowest BCUT2D eigenvalue weighted by Gasteiger charge is -2.33. The lowest BCUT2D eigenvalue weighted by Crippen LogP contribution is -2.52. The minimum Gasteiger partial charge on any atom is -0.497 e. The predicted molar refractivity (Wildman–Crippen MR) is 154 cm³/mol. The molecule has 0 unspecified atom stereocenters. The number of carbonyl (C=O) groups is 2. The van der Waals surface area contributed by atoms with Crippen molar-refractivity contribution in [1.82, 2.24) is 10.2 Å². The standard InChI is InChI=1S/C28H32BrN3O6S/c1-30-28(34)25(16-20-8-6-5-7-9-20)31(18-21-10-12-22(29)13-11-21)27(33)19-32(39(4,35)36)24-15-14-23(37-2)17-26(24)38-3/h5-15,17,25H,16,18-19H2,1-4H3,(H,30,34)/t25-/m1/s1. The number of anilines is 1. The Balaban J connectivity index is 2.06. The normalized spacial score (nSPS) is 11.8. The minimum absolute atomic E-state index is 0.0916. The first-order valence-electron chi connectivity index (χ1n) is 12.1. The van der Waals surface area contributed by atoms with Gasteiger partial charge >= 0.3 is 0 Å². The average molecular weight is 619 g/mol. The highest BCUT2D eigenvalue weighted by molar-refractivity contribution is 9.10. The van der Waals surface area contributed by atoms with Crippen molar-refractivity contribution in [2.24, 2.45) is 0 Å². The molecule has 0 spiro atoms. The molecule has 208 valence electrons. The van der Waals surface area contributed by atoms with Gasteiger partial charge in [-0.2, -0.15) is 0 Å². The average Bonchev–Trinajstić information content (AvgIpc) is 2.93. The third-order valence-electron chi connectivity index (χ3n) is 6.12. The topological polar surface area (TPSA) is 105 Å². The number of nitrogens with one attached hydrogen (secondary N) is 1. The zero-order valence-electron chi connectivity index (χ0n) is 22.3. The SMILES string of the molecule is CNC(=O)[C@@H](Cc1ccccc1)N(Cc1ccc(Br)cc1)C(=O)CN(c1ccc(OC)cc1OC)S(C)(=O)=O. The summed E-state index contributed by atoms with van der Waals surface area (Å²) in [4.78, 5) is 28.6. The number of nitrogens with zero attached hydrogens (tertiary/aromatic N) is 2. The molecule has 11 heteroatoms. The highest BCUT2D eigenvalue weighted by atomic mass is 79.9. The molecule has 0 aliphatic rings. The van der Waals surface area contributed by atoms with E-state index < -0.39 is 28.5 Å². The number of ether oxygens (including phenoxy) is 2. The Morgan fingerprint density at radius 3 is 2.18 bits per heavy atom. The van der Waals surface area contributed by atoms with Crippen LogP contribution < -0.4 is 19.1 Å². The maximum absolute atomic E-state index is 14.0. The number of rotatable bonds is 12.